The van der Waals surface area contributed by atoms with Crippen molar-refractivity contribution in [3.8, 4) is 0 Å². The zero-order valence-corrected chi connectivity index (χ0v) is 13.7. The quantitative estimate of drug-likeness (QED) is 0.846. The van der Waals surface area contributed by atoms with E-state index in [0.717, 1.165) is 19.6 Å². The van der Waals surface area contributed by atoms with Gasteiger partial charge in [0.1, 0.15) is 0 Å². The predicted octanol–water partition coefficient (Wildman–Crippen LogP) is 3.29. The monoisotopic (exact) mass is 262 g/mol. The largest absolute Gasteiger partial charge is 0.312 e. The second-order valence-electron chi connectivity index (χ2n) is 6.88. The molecule has 2 nitrogen and oxygen atoms in total. The molecule has 1 N–H and O–H groups in total. The van der Waals surface area contributed by atoms with Gasteiger partial charge < -0.3 is 10.2 Å². The lowest BCUT2D eigenvalue weighted by atomic mass is 9.92. The average molecular weight is 262 g/mol. The molecule has 0 spiro atoms. The number of nitrogens with zero attached hydrogens (tertiary/aromatic N) is 1. The first-order valence-corrected chi connectivity index (χ1v) is 7.13. The van der Waals surface area contributed by atoms with Gasteiger partial charge in [-0.05, 0) is 57.0 Å². The molecule has 0 fully saturated rings. The van der Waals surface area contributed by atoms with E-state index in [0.29, 0.717) is 5.41 Å². The summed E-state index contributed by atoms with van der Waals surface area (Å²) in [4.78, 5) is 2.25. The molecule has 0 amide bonds. The van der Waals surface area contributed by atoms with Gasteiger partial charge in [-0.3, -0.25) is 0 Å². The first kappa shape index (κ1) is 16.2. The topological polar surface area (TPSA) is 15.3 Å². The van der Waals surface area contributed by atoms with Gasteiger partial charge in [0.15, 0.2) is 0 Å². The van der Waals surface area contributed by atoms with Crippen LogP contribution in [0.2, 0.25) is 0 Å². The molecular weight excluding hydrogens is 232 g/mol. The zero-order valence-electron chi connectivity index (χ0n) is 13.7. The van der Waals surface area contributed by atoms with Crippen LogP contribution in [0, 0.1) is 26.2 Å². The zero-order chi connectivity index (χ0) is 14.6. The van der Waals surface area contributed by atoms with E-state index in [-0.39, 0.29) is 0 Å². The van der Waals surface area contributed by atoms with Crippen molar-refractivity contribution in [1.82, 2.24) is 10.2 Å². The lowest BCUT2D eigenvalue weighted by Crippen LogP contribution is -2.37. The van der Waals surface area contributed by atoms with Crippen molar-refractivity contribution in [1.29, 1.82) is 0 Å². The molecule has 1 aromatic carbocycles. The third-order valence-corrected chi connectivity index (χ3v) is 3.49. The van der Waals surface area contributed by atoms with Crippen LogP contribution in [-0.2, 0) is 6.54 Å². The molecule has 2 heteroatoms. The Balaban J connectivity index is 2.59. The Morgan fingerprint density at radius 3 is 2.05 bits per heavy atom. The number of hydrogen-bond acceptors (Lipinski definition) is 2. The number of hydrogen-bond donors (Lipinski definition) is 1. The van der Waals surface area contributed by atoms with Crippen LogP contribution in [-0.4, -0.2) is 32.1 Å². The predicted molar refractivity (Wildman–Crippen MR) is 84.7 cm³/mol. The van der Waals surface area contributed by atoms with Gasteiger partial charge in [0.05, 0.1) is 0 Å². The summed E-state index contributed by atoms with van der Waals surface area (Å²) in [6.45, 7) is 14.3. The van der Waals surface area contributed by atoms with Crippen LogP contribution in [0.5, 0.6) is 0 Å². The van der Waals surface area contributed by atoms with Crippen LogP contribution in [0.4, 0.5) is 0 Å². The van der Waals surface area contributed by atoms with Crippen molar-refractivity contribution in [3.63, 3.8) is 0 Å². The Hall–Kier alpha value is -0.860. The Labute approximate surface area is 119 Å². The van der Waals surface area contributed by atoms with Gasteiger partial charge in [0, 0.05) is 19.6 Å². The Morgan fingerprint density at radius 1 is 1.05 bits per heavy atom. The molecule has 0 aliphatic heterocycles. The molecule has 1 rings (SSSR count). The second-order valence-corrected chi connectivity index (χ2v) is 6.88. The molecule has 108 valence electrons. The fourth-order valence-corrected chi connectivity index (χ4v) is 2.93. The van der Waals surface area contributed by atoms with Crippen LogP contribution in [0.15, 0.2) is 12.1 Å². The summed E-state index contributed by atoms with van der Waals surface area (Å²) in [5.74, 6) is 0. The number of nitrogens with one attached hydrogen (secondary N) is 1. The SMILES string of the molecule is Cc1cc(C)c(CNCC(C)(C)CN(C)C)c(C)c1. The van der Waals surface area contributed by atoms with Crippen molar-refractivity contribution >= 4 is 0 Å². The lowest BCUT2D eigenvalue weighted by molar-refractivity contribution is 0.232. The average Bonchev–Trinajstić information content (AvgIpc) is 2.19. The highest BCUT2D eigenvalue weighted by atomic mass is 15.1. The third kappa shape index (κ3) is 5.33. The van der Waals surface area contributed by atoms with Gasteiger partial charge in [0.25, 0.3) is 0 Å². The minimum atomic E-state index is 0.302. The Morgan fingerprint density at radius 2 is 1.58 bits per heavy atom. The minimum absolute atomic E-state index is 0.302. The van der Waals surface area contributed by atoms with Crippen LogP contribution in [0.1, 0.15) is 36.1 Å². The summed E-state index contributed by atoms with van der Waals surface area (Å²) < 4.78 is 0. The molecule has 1 aromatic rings. The molecule has 0 radical (unpaired) electrons. The van der Waals surface area contributed by atoms with Gasteiger partial charge in [0.2, 0.25) is 0 Å². The number of benzene rings is 1. The normalized spacial score (nSPS) is 12.2. The van der Waals surface area contributed by atoms with Crippen molar-refractivity contribution < 1.29 is 0 Å². The first-order valence-electron chi connectivity index (χ1n) is 7.13. The fraction of sp³-hybridized carbons (Fsp3) is 0.647. The molecule has 0 aliphatic rings. The van der Waals surface area contributed by atoms with E-state index >= 15 is 0 Å². The second kappa shape index (κ2) is 6.53. The molecule has 0 aromatic heterocycles. The number of rotatable bonds is 6. The summed E-state index contributed by atoms with van der Waals surface area (Å²) in [5.41, 5.74) is 5.90. The van der Waals surface area contributed by atoms with E-state index in [2.05, 4.69) is 71.1 Å². The minimum Gasteiger partial charge on any atom is -0.312 e. The summed E-state index contributed by atoms with van der Waals surface area (Å²) in [7, 11) is 4.27. The Kier molecular flexibility index (Phi) is 5.57. The van der Waals surface area contributed by atoms with Gasteiger partial charge in [-0.25, -0.2) is 0 Å². The van der Waals surface area contributed by atoms with Crippen molar-refractivity contribution in [2.45, 2.75) is 41.2 Å². The number of aryl methyl sites for hydroxylation is 3. The van der Waals surface area contributed by atoms with Crippen LogP contribution in [0.25, 0.3) is 0 Å². The molecule has 0 aliphatic carbocycles. The van der Waals surface area contributed by atoms with E-state index < -0.39 is 0 Å². The van der Waals surface area contributed by atoms with Gasteiger partial charge in [-0.1, -0.05) is 31.5 Å². The Bertz CT molecular complexity index is 396. The molecular formula is C17H30N2. The molecule has 0 saturated carbocycles. The van der Waals surface area contributed by atoms with Crippen molar-refractivity contribution in [2.24, 2.45) is 5.41 Å². The summed E-state index contributed by atoms with van der Waals surface area (Å²) >= 11 is 0. The maximum absolute atomic E-state index is 3.62. The smallest absolute Gasteiger partial charge is 0.0210 e. The van der Waals surface area contributed by atoms with Crippen molar-refractivity contribution in [3.05, 3.63) is 34.4 Å². The highest BCUT2D eigenvalue weighted by Gasteiger charge is 2.18. The molecule has 0 heterocycles. The highest BCUT2D eigenvalue weighted by Crippen LogP contribution is 2.18. The molecule has 0 atom stereocenters. The van der Waals surface area contributed by atoms with Gasteiger partial charge in [-0.2, -0.15) is 0 Å². The molecule has 0 unspecified atom stereocenters. The van der Waals surface area contributed by atoms with E-state index in [1.54, 1.807) is 0 Å². The molecule has 0 bridgehead atoms. The molecule has 0 saturated heterocycles. The first-order chi connectivity index (χ1) is 8.71. The maximum Gasteiger partial charge on any atom is 0.0210 e. The summed E-state index contributed by atoms with van der Waals surface area (Å²) in [6.07, 6.45) is 0. The summed E-state index contributed by atoms with van der Waals surface area (Å²) in [5, 5.41) is 3.62. The maximum atomic E-state index is 3.62. The van der Waals surface area contributed by atoms with E-state index in [1.165, 1.54) is 22.3 Å². The lowest BCUT2D eigenvalue weighted by Gasteiger charge is -2.29. The van der Waals surface area contributed by atoms with Crippen LogP contribution >= 0.6 is 0 Å². The van der Waals surface area contributed by atoms with Crippen LogP contribution in [0.3, 0.4) is 0 Å². The third-order valence-electron chi connectivity index (χ3n) is 3.49. The van der Waals surface area contributed by atoms with Crippen LogP contribution < -0.4 is 5.32 Å². The summed E-state index contributed by atoms with van der Waals surface area (Å²) in [6, 6.07) is 4.55. The highest BCUT2D eigenvalue weighted by molar-refractivity contribution is 5.37. The molecule has 19 heavy (non-hydrogen) atoms. The van der Waals surface area contributed by atoms with Gasteiger partial charge >= 0.3 is 0 Å². The standard InChI is InChI=1S/C17H30N2/c1-13-8-14(2)16(15(3)9-13)10-18-11-17(4,5)12-19(6)7/h8-9,18H,10-12H2,1-7H3. The van der Waals surface area contributed by atoms with Gasteiger partial charge in [-0.15, -0.1) is 0 Å². The van der Waals surface area contributed by atoms with E-state index in [1.807, 2.05) is 0 Å². The van der Waals surface area contributed by atoms with E-state index in [9.17, 15) is 0 Å². The van der Waals surface area contributed by atoms with Crippen molar-refractivity contribution in [2.75, 3.05) is 27.2 Å². The van der Waals surface area contributed by atoms with E-state index in [4.69, 9.17) is 0 Å². The fourth-order valence-electron chi connectivity index (χ4n) is 2.93.